The van der Waals surface area contributed by atoms with Gasteiger partial charge < -0.3 is 10.1 Å². The highest BCUT2D eigenvalue weighted by Gasteiger charge is 2.43. The largest absolute Gasteiger partial charge is 0.378 e. The van der Waals surface area contributed by atoms with Gasteiger partial charge in [0.05, 0.1) is 6.10 Å². The Hall–Kier alpha value is -0.0800. The van der Waals surface area contributed by atoms with Crippen molar-refractivity contribution in [1.29, 1.82) is 0 Å². The van der Waals surface area contributed by atoms with Crippen LogP contribution in [0.1, 0.15) is 66.2 Å². The molecule has 1 aliphatic carbocycles. The normalized spacial score (nSPS) is 34.3. The maximum atomic E-state index is 5.90. The quantitative estimate of drug-likeness (QED) is 0.824. The molecule has 18 heavy (non-hydrogen) atoms. The fourth-order valence-electron chi connectivity index (χ4n) is 3.62. The Kier molecular flexibility index (Phi) is 4.38. The van der Waals surface area contributed by atoms with E-state index in [1.165, 1.54) is 38.5 Å². The van der Waals surface area contributed by atoms with Gasteiger partial charge in [0, 0.05) is 24.1 Å². The smallest absolute Gasteiger partial charge is 0.0616 e. The van der Waals surface area contributed by atoms with E-state index in [-0.39, 0.29) is 5.54 Å². The first-order valence-corrected chi connectivity index (χ1v) is 7.78. The van der Waals surface area contributed by atoms with Gasteiger partial charge in [-0.2, -0.15) is 0 Å². The lowest BCUT2D eigenvalue weighted by molar-refractivity contribution is 0.0460. The van der Waals surface area contributed by atoms with Gasteiger partial charge in [-0.3, -0.25) is 0 Å². The average molecular weight is 253 g/mol. The third-order valence-electron chi connectivity index (χ3n) is 4.97. The molecule has 2 fully saturated rings. The summed E-state index contributed by atoms with van der Waals surface area (Å²) < 4.78 is 5.90. The zero-order valence-corrected chi connectivity index (χ0v) is 12.7. The highest BCUT2D eigenvalue weighted by atomic mass is 16.5. The number of nitrogens with one attached hydrogen (secondary N) is 1. The van der Waals surface area contributed by atoms with E-state index in [0.29, 0.717) is 11.5 Å². The maximum absolute atomic E-state index is 5.90. The van der Waals surface area contributed by atoms with E-state index >= 15 is 0 Å². The zero-order chi connectivity index (χ0) is 13.2. The Morgan fingerprint density at radius 1 is 1.22 bits per heavy atom. The molecular formula is C16H31NO. The van der Waals surface area contributed by atoms with Crippen LogP contribution < -0.4 is 5.32 Å². The van der Waals surface area contributed by atoms with Crippen molar-refractivity contribution < 1.29 is 4.74 Å². The molecule has 2 atom stereocenters. The molecule has 2 heteroatoms. The highest BCUT2D eigenvalue weighted by Crippen LogP contribution is 2.44. The van der Waals surface area contributed by atoms with Crippen LogP contribution in [0, 0.1) is 11.3 Å². The van der Waals surface area contributed by atoms with Crippen LogP contribution >= 0.6 is 0 Å². The third-order valence-corrected chi connectivity index (χ3v) is 4.97. The van der Waals surface area contributed by atoms with Crippen molar-refractivity contribution >= 4 is 0 Å². The molecule has 0 radical (unpaired) electrons. The first kappa shape index (κ1) is 14.3. The van der Waals surface area contributed by atoms with Gasteiger partial charge in [-0.1, -0.05) is 25.7 Å². The van der Waals surface area contributed by atoms with Crippen molar-refractivity contribution in [1.82, 2.24) is 5.32 Å². The number of hydrogen-bond acceptors (Lipinski definition) is 2. The average Bonchev–Trinajstić information content (AvgIpc) is 2.87. The summed E-state index contributed by atoms with van der Waals surface area (Å²) >= 11 is 0. The summed E-state index contributed by atoms with van der Waals surface area (Å²) in [5.74, 6) is 0.955. The Bertz CT molecular complexity index is 265. The van der Waals surface area contributed by atoms with E-state index in [2.05, 4.69) is 33.0 Å². The van der Waals surface area contributed by atoms with Crippen molar-refractivity contribution in [3.8, 4) is 0 Å². The second-order valence-electron chi connectivity index (χ2n) is 7.58. The highest BCUT2D eigenvalue weighted by molar-refractivity contribution is 4.95. The van der Waals surface area contributed by atoms with Crippen LogP contribution in [0.15, 0.2) is 0 Å². The molecule has 2 rings (SSSR count). The topological polar surface area (TPSA) is 21.3 Å². The van der Waals surface area contributed by atoms with Crippen LogP contribution in [0.3, 0.4) is 0 Å². The summed E-state index contributed by atoms with van der Waals surface area (Å²) in [4.78, 5) is 0. The fraction of sp³-hybridized carbons (Fsp3) is 1.00. The Morgan fingerprint density at radius 2 is 1.89 bits per heavy atom. The van der Waals surface area contributed by atoms with Crippen molar-refractivity contribution in [2.75, 3.05) is 13.2 Å². The molecule has 0 spiro atoms. The molecule has 2 nitrogen and oxygen atoms in total. The number of rotatable bonds is 4. The molecule has 0 amide bonds. The number of hydrogen-bond donors (Lipinski definition) is 1. The Labute approximate surface area is 113 Å². The Morgan fingerprint density at radius 3 is 2.39 bits per heavy atom. The predicted octanol–water partition coefficient (Wildman–Crippen LogP) is 3.75. The van der Waals surface area contributed by atoms with Crippen molar-refractivity contribution in [3.63, 3.8) is 0 Å². The third kappa shape index (κ3) is 3.48. The van der Waals surface area contributed by atoms with Crippen LogP contribution in [0.2, 0.25) is 0 Å². The van der Waals surface area contributed by atoms with Gasteiger partial charge in [0.15, 0.2) is 0 Å². The summed E-state index contributed by atoms with van der Waals surface area (Å²) in [6.45, 7) is 11.1. The van der Waals surface area contributed by atoms with Gasteiger partial charge in [0.25, 0.3) is 0 Å². The molecule has 0 bridgehead atoms. The molecule has 0 aromatic rings. The maximum Gasteiger partial charge on any atom is 0.0616 e. The lowest BCUT2D eigenvalue weighted by atomic mass is 9.73. The molecule has 2 unspecified atom stereocenters. The summed E-state index contributed by atoms with van der Waals surface area (Å²) in [6.07, 6.45) is 8.83. The first-order chi connectivity index (χ1) is 8.41. The van der Waals surface area contributed by atoms with E-state index < -0.39 is 0 Å². The summed E-state index contributed by atoms with van der Waals surface area (Å²) in [6, 6.07) is 0. The monoisotopic (exact) mass is 253 g/mol. The van der Waals surface area contributed by atoms with E-state index in [4.69, 9.17) is 4.74 Å². The summed E-state index contributed by atoms with van der Waals surface area (Å²) in [5.41, 5.74) is 0.604. The molecule has 0 aromatic carbocycles. The second kappa shape index (κ2) is 5.50. The van der Waals surface area contributed by atoms with Crippen LogP contribution in [-0.4, -0.2) is 24.8 Å². The van der Waals surface area contributed by atoms with Crippen LogP contribution in [-0.2, 0) is 4.74 Å². The molecule has 1 aliphatic heterocycles. The molecule has 1 heterocycles. The number of ether oxygens (including phenoxy) is 1. The minimum atomic E-state index is 0.213. The van der Waals surface area contributed by atoms with Gasteiger partial charge >= 0.3 is 0 Å². The lowest BCUT2D eigenvalue weighted by Gasteiger charge is -2.37. The van der Waals surface area contributed by atoms with Crippen LogP contribution in [0.5, 0.6) is 0 Å². The molecule has 0 aromatic heterocycles. The first-order valence-electron chi connectivity index (χ1n) is 7.78. The summed E-state index contributed by atoms with van der Waals surface area (Å²) in [7, 11) is 0. The standard InChI is InChI=1S/C16H31NO/c1-13-16(9-10-18-13,12-17-15(2,3)4)11-14-7-5-6-8-14/h13-14,17H,5-12H2,1-4H3. The zero-order valence-electron chi connectivity index (χ0n) is 12.7. The van der Waals surface area contributed by atoms with Gasteiger partial charge in [-0.25, -0.2) is 0 Å². The molecule has 1 saturated carbocycles. The second-order valence-corrected chi connectivity index (χ2v) is 7.58. The summed E-state index contributed by atoms with van der Waals surface area (Å²) in [5, 5.41) is 3.73. The molecule has 106 valence electrons. The van der Waals surface area contributed by atoms with Gasteiger partial charge in [0.2, 0.25) is 0 Å². The molecule has 1 N–H and O–H groups in total. The molecular weight excluding hydrogens is 222 g/mol. The molecule has 2 aliphatic rings. The van der Waals surface area contributed by atoms with Crippen molar-refractivity contribution in [2.24, 2.45) is 11.3 Å². The van der Waals surface area contributed by atoms with E-state index in [1.54, 1.807) is 0 Å². The van der Waals surface area contributed by atoms with Gasteiger partial charge in [0.1, 0.15) is 0 Å². The van der Waals surface area contributed by atoms with Crippen LogP contribution in [0.4, 0.5) is 0 Å². The van der Waals surface area contributed by atoms with E-state index in [9.17, 15) is 0 Å². The molecule has 1 saturated heterocycles. The van der Waals surface area contributed by atoms with E-state index in [1.807, 2.05) is 0 Å². The van der Waals surface area contributed by atoms with Crippen molar-refractivity contribution in [2.45, 2.75) is 77.9 Å². The Balaban J connectivity index is 1.98. The minimum absolute atomic E-state index is 0.213. The van der Waals surface area contributed by atoms with Crippen LogP contribution in [0.25, 0.3) is 0 Å². The van der Waals surface area contributed by atoms with E-state index in [0.717, 1.165) is 19.1 Å². The fourth-order valence-corrected chi connectivity index (χ4v) is 3.62. The predicted molar refractivity (Wildman–Crippen MR) is 76.8 cm³/mol. The lowest BCUT2D eigenvalue weighted by Crippen LogP contribution is -2.47. The SMILES string of the molecule is CC1OCCC1(CNC(C)(C)C)CC1CCCC1. The van der Waals surface area contributed by atoms with Gasteiger partial charge in [-0.15, -0.1) is 0 Å². The minimum Gasteiger partial charge on any atom is -0.378 e. The van der Waals surface area contributed by atoms with Gasteiger partial charge in [-0.05, 0) is 46.5 Å². The van der Waals surface area contributed by atoms with Crippen molar-refractivity contribution in [3.05, 3.63) is 0 Å².